The van der Waals surface area contributed by atoms with E-state index in [4.69, 9.17) is 11.6 Å². The lowest BCUT2D eigenvalue weighted by molar-refractivity contribution is -0.129. The minimum Gasteiger partial charge on any atom is -0.341 e. The summed E-state index contributed by atoms with van der Waals surface area (Å²) in [6, 6.07) is 12.1. The standard InChI is InChI=1S/C21H20BrClFN3O/c1-13-19(14(2)27(25-13)18-7-5-17(23)6-8-18)11-21(28)26(3)12-15-10-16(22)4-9-20(15)24/h4-10H,11-12H2,1-3H3. The molecule has 0 bridgehead atoms. The van der Waals surface area contributed by atoms with Crippen LogP contribution in [0.2, 0.25) is 5.02 Å². The van der Waals surface area contributed by atoms with Crippen molar-refractivity contribution in [3.8, 4) is 5.69 Å². The average Bonchev–Trinajstić information content (AvgIpc) is 2.93. The summed E-state index contributed by atoms with van der Waals surface area (Å²) in [6.45, 7) is 4.02. The number of hydrogen-bond acceptors (Lipinski definition) is 2. The highest BCUT2D eigenvalue weighted by atomic mass is 79.9. The zero-order valence-electron chi connectivity index (χ0n) is 15.8. The van der Waals surface area contributed by atoms with E-state index in [2.05, 4.69) is 21.0 Å². The van der Waals surface area contributed by atoms with Crippen molar-refractivity contribution < 1.29 is 9.18 Å². The number of aryl methyl sites for hydroxylation is 1. The van der Waals surface area contributed by atoms with Crippen molar-refractivity contribution in [1.82, 2.24) is 14.7 Å². The number of carbonyl (C=O) groups is 1. The highest BCUT2D eigenvalue weighted by molar-refractivity contribution is 9.10. The third-order valence-corrected chi connectivity index (χ3v) is 5.43. The summed E-state index contributed by atoms with van der Waals surface area (Å²) in [5.41, 5.74) is 3.92. The Kier molecular flexibility index (Phi) is 6.20. The Bertz CT molecular complexity index is 1020. The first kappa shape index (κ1) is 20.6. The number of benzene rings is 2. The zero-order chi connectivity index (χ0) is 20.4. The van der Waals surface area contributed by atoms with Crippen molar-refractivity contribution in [2.24, 2.45) is 0 Å². The maximum absolute atomic E-state index is 14.0. The maximum atomic E-state index is 14.0. The van der Waals surface area contributed by atoms with Gasteiger partial charge in [-0.15, -0.1) is 0 Å². The van der Waals surface area contributed by atoms with E-state index in [1.165, 1.54) is 11.0 Å². The Balaban J connectivity index is 1.78. The van der Waals surface area contributed by atoms with Gasteiger partial charge in [0.2, 0.25) is 5.91 Å². The van der Waals surface area contributed by atoms with Gasteiger partial charge in [-0.2, -0.15) is 5.10 Å². The molecule has 1 amide bonds. The van der Waals surface area contributed by atoms with Gasteiger partial charge in [-0.1, -0.05) is 27.5 Å². The number of aromatic nitrogens is 2. The van der Waals surface area contributed by atoms with Gasteiger partial charge in [0, 0.05) is 39.9 Å². The van der Waals surface area contributed by atoms with Gasteiger partial charge in [-0.05, 0) is 56.3 Å². The molecule has 0 unspecified atom stereocenters. The molecule has 4 nitrogen and oxygen atoms in total. The first-order valence-corrected chi connectivity index (χ1v) is 9.92. The second-order valence-corrected chi connectivity index (χ2v) is 8.05. The average molecular weight is 465 g/mol. The smallest absolute Gasteiger partial charge is 0.227 e. The van der Waals surface area contributed by atoms with Crippen LogP contribution in [-0.2, 0) is 17.8 Å². The molecule has 0 N–H and O–H groups in total. The van der Waals surface area contributed by atoms with Crippen LogP contribution in [0.25, 0.3) is 5.69 Å². The second kappa shape index (κ2) is 8.45. The predicted octanol–water partition coefficient (Wildman–Crippen LogP) is 5.25. The number of amides is 1. The molecule has 0 saturated carbocycles. The number of rotatable bonds is 5. The molecule has 28 heavy (non-hydrogen) atoms. The SMILES string of the molecule is Cc1nn(-c2ccc(Cl)cc2)c(C)c1CC(=O)N(C)Cc1cc(Br)ccc1F. The molecule has 146 valence electrons. The molecule has 0 fully saturated rings. The zero-order valence-corrected chi connectivity index (χ0v) is 18.2. The fourth-order valence-electron chi connectivity index (χ4n) is 3.06. The van der Waals surface area contributed by atoms with E-state index in [0.717, 1.165) is 27.1 Å². The van der Waals surface area contributed by atoms with E-state index in [1.807, 2.05) is 30.7 Å². The monoisotopic (exact) mass is 463 g/mol. The van der Waals surface area contributed by atoms with Gasteiger partial charge in [0.05, 0.1) is 17.8 Å². The van der Waals surface area contributed by atoms with Gasteiger partial charge >= 0.3 is 0 Å². The summed E-state index contributed by atoms with van der Waals surface area (Å²) in [5.74, 6) is -0.424. The minimum atomic E-state index is -0.328. The lowest BCUT2D eigenvalue weighted by Crippen LogP contribution is -2.28. The summed E-state index contributed by atoms with van der Waals surface area (Å²) in [4.78, 5) is 14.3. The predicted molar refractivity (Wildman–Crippen MR) is 112 cm³/mol. The topological polar surface area (TPSA) is 38.1 Å². The molecule has 0 radical (unpaired) electrons. The van der Waals surface area contributed by atoms with Crippen molar-refractivity contribution in [3.63, 3.8) is 0 Å². The Labute approximate surface area is 177 Å². The number of nitrogens with zero attached hydrogens (tertiary/aromatic N) is 3. The van der Waals surface area contributed by atoms with Crippen molar-refractivity contribution in [2.75, 3.05) is 7.05 Å². The summed E-state index contributed by atoms with van der Waals surface area (Å²) in [5, 5.41) is 5.22. The molecule has 1 aromatic heterocycles. The lowest BCUT2D eigenvalue weighted by atomic mass is 10.1. The maximum Gasteiger partial charge on any atom is 0.227 e. The Morgan fingerprint density at radius 1 is 1.21 bits per heavy atom. The quantitative estimate of drug-likeness (QED) is 0.517. The minimum absolute atomic E-state index is 0.0961. The van der Waals surface area contributed by atoms with Crippen LogP contribution in [0, 0.1) is 19.7 Å². The third-order valence-electron chi connectivity index (χ3n) is 4.68. The summed E-state index contributed by atoms with van der Waals surface area (Å²) in [6.07, 6.45) is 0.206. The molecule has 3 aromatic rings. The number of carbonyl (C=O) groups excluding carboxylic acids is 1. The molecule has 7 heteroatoms. The van der Waals surface area contributed by atoms with Crippen molar-refractivity contribution in [1.29, 1.82) is 0 Å². The van der Waals surface area contributed by atoms with Gasteiger partial charge in [-0.25, -0.2) is 9.07 Å². The van der Waals surface area contributed by atoms with Crippen molar-refractivity contribution >= 4 is 33.4 Å². The van der Waals surface area contributed by atoms with E-state index < -0.39 is 0 Å². The fraction of sp³-hybridized carbons (Fsp3) is 0.238. The van der Waals surface area contributed by atoms with E-state index in [0.29, 0.717) is 10.6 Å². The molecule has 0 saturated heterocycles. The number of halogens is 3. The molecule has 0 atom stereocenters. The summed E-state index contributed by atoms with van der Waals surface area (Å²) < 4.78 is 16.6. The van der Waals surface area contributed by atoms with Crippen LogP contribution < -0.4 is 0 Å². The van der Waals surface area contributed by atoms with Crippen LogP contribution in [0.4, 0.5) is 4.39 Å². The summed E-state index contributed by atoms with van der Waals surface area (Å²) in [7, 11) is 1.68. The van der Waals surface area contributed by atoms with E-state index >= 15 is 0 Å². The summed E-state index contributed by atoms with van der Waals surface area (Å²) >= 11 is 9.29. The van der Waals surface area contributed by atoms with E-state index in [9.17, 15) is 9.18 Å². The van der Waals surface area contributed by atoms with Gasteiger partial charge in [0.15, 0.2) is 0 Å². The second-order valence-electron chi connectivity index (χ2n) is 6.70. The van der Waals surface area contributed by atoms with Crippen molar-refractivity contribution in [2.45, 2.75) is 26.8 Å². The van der Waals surface area contributed by atoms with E-state index in [-0.39, 0.29) is 24.7 Å². The highest BCUT2D eigenvalue weighted by Gasteiger charge is 2.19. The van der Waals surface area contributed by atoms with Gasteiger partial charge in [0.1, 0.15) is 5.82 Å². The first-order valence-electron chi connectivity index (χ1n) is 8.75. The van der Waals surface area contributed by atoms with Crippen LogP contribution >= 0.6 is 27.5 Å². The first-order chi connectivity index (χ1) is 13.3. The van der Waals surface area contributed by atoms with Crippen LogP contribution in [0.15, 0.2) is 46.9 Å². The molecule has 0 spiro atoms. The highest BCUT2D eigenvalue weighted by Crippen LogP contribution is 2.21. The van der Waals surface area contributed by atoms with E-state index in [1.54, 1.807) is 31.3 Å². The molecule has 0 aliphatic carbocycles. The number of hydrogen-bond donors (Lipinski definition) is 0. The molecule has 0 aliphatic rings. The third kappa shape index (κ3) is 4.45. The van der Waals surface area contributed by atoms with Gasteiger partial charge in [-0.3, -0.25) is 4.79 Å². The molecular weight excluding hydrogens is 445 g/mol. The lowest BCUT2D eigenvalue weighted by Gasteiger charge is -2.18. The van der Waals surface area contributed by atoms with Crippen LogP contribution in [0.3, 0.4) is 0 Å². The van der Waals surface area contributed by atoms with Crippen molar-refractivity contribution in [3.05, 3.63) is 80.3 Å². The fourth-order valence-corrected chi connectivity index (χ4v) is 3.59. The Hall–Kier alpha value is -2.18. The van der Waals surface area contributed by atoms with Crippen LogP contribution in [-0.4, -0.2) is 27.6 Å². The van der Waals surface area contributed by atoms with Crippen LogP contribution in [0.1, 0.15) is 22.5 Å². The largest absolute Gasteiger partial charge is 0.341 e. The Morgan fingerprint density at radius 3 is 2.57 bits per heavy atom. The van der Waals surface area contributed by atoms with Crippen LogP contribution in [0.5, 0.6) is 0 Å². The van der Waals surface area contributed by atoms with Gasteiger partial charge in [0.25, 0.3) is 0 Å². The normalized spacial score (nSPS) is 10.9. The number of likely N-dealkylation sites (N-methyl/N-ethyl adjacent to an activating group) is 1. The molecule has 3 rings (SSSR count). The molecule has 1 heterocycles. The molecule has 2 aromatic carbocycles. The molecule has 0 aliphatic heterocycles. The Morgan fingerprint density at radius 2 is 1.89 bits per heavy atom. The molecular formula is C21H20BrClFN3O. The van der Waals surface area contributed by atoms with Gasteiger partial charge < -0.3 is 4.90 Å².